The number of benzene rings is 1. The summed E-state index contributed by atoms with van der Waals surface area (Å²) < 4.78 is 18.7. The molecule has 0 bridgehead atoms. The number of likely N-dealkylation sites (N-methyl/N-ethyl adjacent to an activating group) is 2. The monoisotopic (exact) mass is 500 g/mol. The van der Waals surface area contributed by atoms with Crippen molar-refractivity contribution >= 4 is 17.8 Å². The van der Waals surface area contributed by atoms with Gasteiger partial charge in [-0.1, -0.05) is 0 Å². The van der Waals surface area contributed by atoms with Crippen molar-refractivity contribution in [3.8, 4) is 0 Å². The van der Waals surface area contributed by atoms with Crippen LogP contribution in [0.25, 0.3) is 0 Å². The normalized spacial score (nSPS) is 18.8. The first-order chi connectivity index (χ1) is 17.3. The van der Waals surface area contributed by atoms with E-state index in [0.717, 1.165) is 50.4 Å². The third-order valence-electron chi connectivity index (χ3n) is 7.30. The van der Waals surface area contributed by atoms with Crippen LogP contribution in [0.4, 0.5) is 15.0 Å². The number of halogens is 1. The van der Waals surface area contributed by atoms with Gasteiger partial charge in [-0.05, 0) is 70.8 Å². The van der Waals surface area contributed by atoms with Crippen LogP contribution in [-0.2, 0) is 11.3 Å². The average molecular weight is 501 g/mol. The van der Waals surface area contributed by atoms with Crippen molar-refractivity contribution in [2.24, 2.45) is 5.92 Å². The Morgan fingerprint density at radius 2 is 1.97 bits per heavy atom. The molecule has 2 aliphatic rings. The minimum absolute atomic E-state index is 0.0302. The van der Waals surface area contributed by atoms with Gasteiger partial charge in [-0.2, -0.15) is 5.10 Å². The van der Waals surface area contributed by atoms with Crippen molar-refractivity contribution < 1.29 is 18.7 Å². The highest BCUT2D eigenvalue weighted by Gasteiger charge is 2.38. The minimum Gasteiger partial charge on any atom is -0.381 e. The van der Waals surface area contributed by atoms with E-state index in [4.69, 9.17) is 4.74 Å². The number of anilines is 1. The molecule has 0 saturated carbocycles. The molecule has 1 aromatic heterocycles. The molecule has 9 nitrogen and oxygen atoms in total. The van der Waals surface area contributed by atoms with E-state index in [1.165, 1.54) is 24.3 Å². The molecule has 1 aromatic carbocycles. The molecule has 0 spiro atoms. The van der Waals surface area contributed by atoms with Crippen molar-refractivity contribution in [2.75, 3.05) is 45.2 Å². The highest BCUT2D eigenvalue weighted by Crippen LogP contribution is 2.36. The number of aromatic amines is 1. The Morgan fingerprint density at radius 3 is 2.64 bits per heavy atom. The molecule has 1 unspecified atom stereocenters. The average Bonchev–Trinajstić information content (AvgIpc) is 3.40. The van der Waals surface area contributed by atoms with E-state index in [0.29, 0.717) is 30.4 Å². The molecule has 2 aromatic rings. The van der Waals surface area contributed by atoms with Crippen LogP contribution in [0.15, 0.2) is 24.3 Å². The van der Waals surface area contributed by atoms with E-state index in [1.54, 1.807) is 0 Å². The van der Waals surface area contributed by atoms with Gasteiger partial charge in [0.05, 0.1) is 18.3 Å². The topological polar surface area (TPSA) is 93.8 Å². The number of rotatable bonds is 8. The Kier molecular flexibility index (Phi) is 8.25. The molecule has 3 heterocycles. The molecule has 2 N–H and O–H groups in total. The molecule has 4 rings (SSSR count). The second kappa shape index (κ2) is 11.4. The van der Waals surface area contributed by atoms with Crippen molar-refractivity contribution in [1.82, 2.24) is 24.9 Å². The Hall–Kier alpha value is -2.98. The van der Waals surface area contributed by atoms with Crippen molar-refractivity contribution in [1.29, 1.82) is 0 Å². The summed E-state index contributed by atoms with van der Waals surface area (Å²) in [5, 5.41) is 10.1. The molecular weight excluding hydrogens is 463 g/mol. The summed E-state index contributed by atoms with van der Waals surface area (Å²) in [5.41, 5.74) is 1.95. The number of amides is 3. The lowest BCUT2D eigenvalue weighted by Crippen LogP contribution is -2.50. The van der Waals surface area contributed by atoms with E-state index >= 15 is 0 Å². The summed E-state index contributed by atoms with van der Waals surface area (Å²) in [6.07, 6.45) is 2.18. The summed E-state index contributed by atoms with van der Waals surface area (Å²) in [4.78, 5) is 32.3. The Balaban J connectivity index is 1.38. The number of fused-ring (bicyclic) bond motifs is 1. The molecule has 196 valence electrons. The maximum Gasteiger partial charge on any atom is 0.321 e. The zero-order chi connectivity index (χ0) is 25.8. The Morgan fingerprint density at radius 1 is 1.28 bits per heavy atom. The van der Waals surface area contributed by atoms with E-state index in [9.17, 15) is 14.0 Å². The lowest BCUT2D eigenvalue weighted by molar-refractivity contribution is 0.0522. The first-order valence-corrected chi connectivity index (χ1v) is 12.8. The van der Waals surface area contributed by atoms with Crippen molar-refractivity contribution in [2.45, 2.75) is 52.2 Å². The van der Waals surface area contributed by atoms with Gasteiger partial charge in [0.2, 0.25) is 0 Å². The van der Waals surface area contributed by atoms with E-state index in [1.807, 2.05) is 23.6 Å². The number of carbonyl (C=O) groups is 2. The SMILES string of the molecule is CCN(C(=O)N1Cc2c(NC(=O)c3ccc(F)cc3)n[nH]c2C1C)[C@@H](C)CN(C)CC1CCOCC1. The fraction of sp³-hybridized carbons (Fsp3) is 0.577. The molecule has 0 radical (unpaired) electrons. The van der Waals surface area contributed by atoms with Crippen LogP contribution in [0.1, 0.15) is 61.3 Å². The fourth-order valence-corrected chi connectivity index (χ4v) is 5.26. The molecule has 3 amide bonds. The van der Waals surface area contributed by atoms with Crippen LogP contribution in [-0.4, -0.2) is 82.8 Å². The van der Waals surface area contributed by atoms with Gasteiger partial charge in [0.1, 0.15) is 5.82 Å². The first kappa shape index (κ1) is 26.1. The van der Waals surface area contributed by atoms with E-state index in [-0.39, 0.29) is 24.0 Å². The lowest BCUT2D eigenvalue weighted by atomic mass is 10.00. The van der Waals surface area contributed by atoms with Gasteiger partial charge in [0, 0.05) is 50.0 Å². The summed E-state index contributed by atoms with van der Waals surface area (Å²) in [6, 6.07) is 5.16. The number of urea groups is 1. The van der Waals surface area contributed by atoms with E-state index in [2.05, 4.69) is 34.4 Å². The fourth-order valence-electron chi connectivity index (χ4n) is 5.26. The number of carbonyl (C=O) groups excluding carboxylic acids is 2. The highest BCUT2D eigenvalue weighted by atomic mass is 19.1. The lowest BCUT2D eigenvalue weighted by Gasteiger charge is -2.36. The largest absolute Gasteiger partial charge is 0.381 e. The number of ether oxygens (including phenoxy) is 1. The predicted octanol–water partition coefficient (Wildman–Crippen LogP) is 3.87. The van der Waals surface area contributed by atoms with E-state index < -0.39 is 5.82 Å². The zero-order valence-electron chi connectivity index (χ0n) is 21.6. The van der Waals surface area contributed by atoms with Gasteiger partial charge >= 0.3 is 6.03 Å². The number of nitrogens with zero attached hydrogens (tertiary/aromatic N) is 4. The van der Waals surface area contributed by atoms with Gasteiger partial charge in [-0.15, -0.1) is 0 Å². The number of nitrogens with one attached hydrogen (secondary N) is 2. The van der Waals surface area contributed by atoms with Crippen LogP contribution >= 0.6 is 0 Å². The summed E-state index contributed by atoms with van der Waals surface area (Å²) in [7, 11) is 2.12. The Bertz CT molecular complexity index is 1050. The summed E-state index contributed by atoms with van der Waals surface area (Å²) >= 11 is 0. The number of aromatic nitrogens is 2. The van der Waals surface area contributed by atoms with Gasteiger partial charge < -0.3 is 24.8 Å². The second-order valence-electron chi connectivity index (χ2n) is 9.92. The molecular formula is C26H37FN6O3. The number of hydrogen-bond donors (Lipinski definition) is 2. The maximum absolute atomic E-state index is 13.6. The minimum atomic E-state index is -0.403. The Labute approximate surface area is 212 Å². The zero-order valence-corrected chi connectivity index (χ0v) is 21.6. The third-order valence-corrected chi connectivity index (χ3v) is 7.30. The maximum atomic E-state index is 13.6. The quantitative estimate of drug-likeness (QED) is 0.574. The number of H-pyrrole nitrogens is 1. The second-order valence-corrected chi connectivity index (χ2v) is 9.92. The highest BCUT2D eigenvalue weighted by molar-refractivity contribution is 6.04. The third kappa shape index (κ3) is 5.70. The van der Waals surface area contributed by atoms with Gasteiger partial charge in [0.15, 0.2) is 5.82 Å². The van der Waals surface area contributed by atoms with Crippen molar-refractivity contribution in [3.05, 3.63) is 46.9 Å². The standard InChI is InChI=1S/C26H37FN6O3/c1-5-32(17(2)14-31(4)15-19-10-12-36-13-11-19)26(35)33-16-22-23(18(33)3)29-30-24(22)28-25(34)20-6-8-21(27)9-7-20/h6-9,17-19H,5,10-16H2,1-4H3,(H2,28,29,30,34)/t17-,18?/m0/s1. The summed E-state index contributed by atoms with van der Waals surface area (Å²) in [5.74, 6) is 0.257. The van der Waals surface area contributed by atoms with Crippen LogP contribution in [0.2, 0.25) is 0 Å². The van der Waals surface area contributed by atoms with Gasteiger partial charge in [-0.25, -0.2) is 9.18 Å². The van der Waals surface area contributed by atoms with Crippen LogP contribution in [0, 0.1) is 11.7 Å². The summed E-state index contributed by atoms with van der Waals surface area (Å²) in [6.45, 7) is 10.5. The molecule has 0 aliphatic carbocycles. The molecule has 36 heavy (non-hydrogen) atoms. The van der Waals surface area contributed by atoms with Crippen molar-refractivity contribution in [3.63, 3.8) is 0 Å². The molecule has 2 atom stereocenters. The van der Waals surface area contributed by atoms with Gasteiger partial charge in [-0.3, -0.25) is 9.89 Å². The van der Waals surface area contributed by atoms with Crippen LogP contribution in [0.5, 0.6) is 0 Å². The molecule has 10 heteroatoms. The molecule has 2 aliphatic heterocycles. The van der Waals surface area contributed by atoms with Crippen LogP contribution in [0.3, 0.4) is 0 Å². The number of hydrogen-bond acceptors (Lipinski definition) is 5. The first-order valence-electron chi connectivity index (χ1n) is 12.8. The van der Waals surface area contributed by atoms with Crippen LogP contribution < -0.4 is 5.32 Å². The predicted molar refractivity (Wildman–Crippen MR) is 135 cm³/mol. The smallest absolute Gasteiger partial charge is 0.321 e. The molecule has 1 fully saturated rings. The van der Waals surface area contributed by atoms with Gasteiger partial charge in [0.25, 0.3) is 5.91 Å². The molecule has 1 saturated heterocycles.